The van der Waals surface area contributed by atoms with Crippen molar-refractivity contribution < 1.29 is 13.9 Å². The quantitative estimate of drug-likeness (QED) is 0.463. The number of anilines is 1. The Hall–Kier alpha value is -3.32. The molecule has 29 heavy (non-hydrogen) atoms. The maximum Gasteiger partial charge on any atom is 0.267 e. The lowest BCUT2D eigenvalue weighted by Crippen LogP contribution is -2.34. The van der Waals surface area contributed by atoms with Gasteiger partial charge >= 0.3 is 0 Å². The molecule has 0 unspecified atom stereocenters. The van der Waals surface area contributed by atoms with Gasteiger partial charge in [0, 0.05) is 12.4 Å². The Morgan fingerprint density at radius 1 is 1.14 bits per heavy atom. The second-order valence-corrected chi connectivity index (χ2v) is 7.51. The number of carbonyl (C=O) groups excluding carboxylic acids is 1. The number of ether oxygens (including phenoxy) is 1. The number of amides is 1. The third-order valence-electron chi connectivity index (χ3n) is 4.38. The second-order valence-electron chi connectivity index (χ2n) is 6.50. The molecule has 0 saturated heterocycles. The average molecular weight is 407 g/mol. The van der Waals surface area contributed by atoms with Crippen LogP contribution >= 0.6 is 11.3 Å². The molecule has 0 fully saturated rings. The normalized spacial score (nSPS) is 10.8. The Morgan fingerprint density at radius 3 is 2.69 bits per heavy atom. The maximum atomic E-state index is 13.1. The van der Waals surface area contributed by atoms with Gasteiger partial charge in [-0.2, -0.15) is 0 Å². The molecule has 4 aromatic rings. The van der Waals surface area contributed by atoms with E-state index in [2.05, 4.69) is 4.98 Å². The summed E-state index contributed by atoms with van der Waals surface area (Å²) in [6.45, 7) is 2.15. The minimum Gasteiger partial charge on any atom is -0.484 e. The smallest absolute Gasteiger partial charge is 0.267 e. The monoisotopic (exact) mass is 407 g/mol. The topological polar surface area (TPSA) is 55.3 Å². The SMILES string of the molecule is Cc1cccc2sc(N(Cc3cccnc3)C(=O)COc3ccc(F)cc3)nc12. The lowest BCUT2D eigenvalue weighted by atomic mass is 10.2. The van der Waals surface area contributed by atoms with Gasteiger partial charge in [0.1, 0.15) is 11.6 Å². The number of para-hydroxylation sites is 1. The molecule has 0 radical (unpaired) electrons. The van der Waals surface area contributed by atoms with Crippen molar-refractivity contribution in [1.82, 2.24) is 9.97 Å². The molecule has 7 heteroatoms. The van der Waals surface area contributed by atoms with E-state index in [4.69, 9.17) is 9.72 Å². The van der Waals surface area contributed by atoms with Crippen LogP contribution in [0.4, 0.5) is 9.52 Å². The third-order valence-corrected chi connectivity index (χ3v) is 5.42. The number of carbonyl (C=O) groups is 1. The number of thiazole rings is 1. The average Bonchev–Trinajstić information content (AvgIpc) is 3.17. The van der Waals surface area contributed by atoms with E-state index in [0.717, 1.165) is 21.3 Å². The molecule has 2 heterocycles. The summed E-state index contributed by atoms with van der Waals surface area (Å²) in [6.07, 6.45) is 3.41. The third kappa shape index (κ3) is 4.41. The van der Waals surface area contributed by atoms with Crippen LogP contribution in [0, 0.1) is 12.7 Å². The Balaban J connectivity index is 1.60. The van der Waals surface area contributed by atoms with Crippen molar-refractivity contribution in [3.8, 4) is 5.75 Å². The summed E-state index contributed by atoms with van der Waals surface area (Å²) < 4.78 is 19.6. The summed E-state index contributed by atoms with van der Waals surface area (Å²) in [5.41, 5.74) is 2.83. The summed E-state index contributed by atoms with van der Waals surface area (Å²) in [5.74, 6) is -0.164. The van der Waals surface area contributed by atoms with Crippen LogP contribution in [0.2, 0.25) is 0 Å². The lowest BCUT2D eigenvalue weighted by molar-refractivity contribution is -0.120. The molecule has 0 atom stereocenters. The van der Waals surface area contributed by atoms with Crippen LogP contribution in [0.3, 0.4) is 0 Å². The fourth-order valence-corrected chi connectivity index (χ4v) is 3.94. The number of fused-ring (bicyclic) bond motifs is 1. The number of nitrogens with zero attached hydrogens (tertiary/aromatic N) is 3. The molecule has 2 aromatic carbocycles. The first kappa shape index (κ1) is 19.0. The molecule has 0 spiro atoms. The van der Waals surface area contributed by atoms with Crippen molar-refractivity contribution >= 4 is 32.6 Å². The Morgan fingerprint density at radius 2 is 1.97 bits per heavy atom. The number of aryl methyl sites for hydroxylation is 1. The standard InChI is InChI=1S/C22H18FN3O2S/c1-15-4-2-6-19-21(15)25-22(29-19)26(13-16-5-3-11-24-12-16)20(27)14-28-18-9-7-17(23)8-10-18/h2-12H,13-14H2,1H3. The molecule has 5 nitrogen and oxygen atoms in total. The largest absolute Gasteiger partial charge is 0.484 e. The van der Waals surface area contributed by atoms with Gasteiger partial charge < -0.3 is 4.74 Å². The molecule has 0 bridgehead atoms. The number of rotatable bonds is 6. The van der Waals surface area contributed by atoms with Crippen LogP contribution in [0.25, 0.3) is 10.2 Å². The Kier molecular flexibility index (Phi) is 5.48. The van der Waals surface area contributed by atoms with E-state index < -0.39 is 0 Å². The molecule has 0 aliphatic heterocycles. The van der Waals surface area contributed by atoms with Crippen molar-refractivity contribution in [2.24, 2.45) is 0 Å². The van der Waals surface area contributed by atoms with Gasteiger partial charge in [-0.15, -0.1) is 0 Å². The molecule has 0 N–H and O–H groups in total. The summed E-state index contributed by atoms with van der Waals surface area (Å²) in [7, 11) is 0. The Labute approximate surface area is 171 Å². The summed E-state index contributed by atoms with van der Waals surface area (Å²) in [5, 5.41) is 0.603. The molecule has 0 saturated carbocycles. The van der Waals surface area contributed by atoms with Gasteiger partial charge in [0.2, 0.25) is 0 Å². The minimum absolute atomic E-state index is 0.180. The van der Waals surface area contributed by atoms with Crippen molar-refractivity contribution in [3.05, 3.63) is 83.9 Å². The molecule has 4 rings (SSSR count). The highest BCUT2D eigenvalue weighted by atomic mass is 32.1. The lowest BCUT2D eigenvalue weighted by Gasteiger charge is -2.20. The molecule has 1 amide bonds. The van der Waals surface area contributed by atoms with E-state index in [1.165, 1.54) is 35.6 Å². The molecule has 0 aliphatic rings. The van der Waals surface area contributed by atoms with Crippen molar-refractivity contribution in [3.63, 3.8) is 0 Å². The van der Waals surface area contributed by atoms with Gasteiger partial charge in [-0.05, 0) is 54.4 Å². The zero-order valence-electron chi connectivity index (χ0n) is 15.7. The van der Waals surface area contributed by atoms with Crippen molar-refractivity contribution in [2.75, 3.05) is 11.5 Å². The van der Waals surface area contributed by atoms with Gasteiger partial charge in [-0.3, -0.25) is 14.7 Å². The first-order valence-electron chi connectivity index (χ1n) is 9.04. The fourth-order valence-electron chi connectivity index (χ4n) is 2.88. The molecule has 0 aliphatic carbocycles. The Bertz CT molecular complexity index is 1130. The number of halogens is 1. The van der Waals surface area contributed by atoms with Crippen molar-refractivity contribution in [1.29, 1.82) is 0 Å². The zero-order valence-corrected chi connectivity index (χ0v) is 16.5. The molecule has 146 valence electrons. The number of benzene rings is 2. The van der Waals surface area contributed by atoms with Crippen LogP contribution < -0.4 is 9.64 Å². The maximum absolute atomic E-state index is 13.1. The minimum atomic E-state index is -0.355. The predicted octanol–water partition coefficient (Wildman–Crippen LogP) is 4.75. The number of hydrogen-bond donors (Lipinski definition) is 0. The van der Waals surface area contributed by atoms with Crippen LogP contribution in [-0.2, 0) is 11.3 Å². The van der Waals surface area contributed by atoms with Crippen molar-refractivity contribution in [2.45, 2.75) is 13.5 Å². The van der Waals surface area contributed by atoms with Crippen LogP contribution in [-0.4, -0.2) is 22.5 Å². The number of aromatic nitrogens is 2. The van der Waals surface area contributed by atoms with Crippen LogP contribution in [0.15, 0.2) is 67.0 Å². The van der Waals surface area contributed by atoms with Gasteiger partial charge in [-0.25, -0.2) is 9.37 Å². The number of hydrogen-bond acceptors (Lipinski definition) is 5. The first-order chi connectivity index (χ1) is 14.1. The van der Waals surface area contributed by atoms with Gasteiger partial charge in [0.25, 0.3) is 5.91 Å². The second kappa shape index (κ2) is 8.36. The van der Waals surface area contributed by atoms with Gasteiger partial charge in [0.05, 0.1) is 16.8 Å². The zero-order chi connectivity index (χ0) is 20.2. The molecular formula is C22H18FN3O2S. The first-order valence-corrected chi connectivity index (χ1v) is 9.85. The van der Waals surface area contributed by atoms with E-state index in [-0.39, 0.29) is 18.3 Å². The van der Waals surface area contributed by atoms with E-state index in [9.17, 15) is 9.18 Å². The highest BCUT2D eigenvalue weighted by molar-refractivity contribution is 7.22. The molecular weight excluding hydrogens is 389 g/mol. The highest BCUT2D eigenvalue weighted by Gasteiger charge is 2.21. The predicted molar refractivity (Wildman–Crippen MR) is 112 cm³/mol. The molecule has 2 aromatic heterocycles. The van der Waals surface area contributed by atoms with E-state index in [0.29, 0.717) is 17.4 Å². The van der Waals surface area contributed by atoms with Crippen LogP contribution in [0.1, 0.15) is 11.1 Å². The highest BCUT2D eigenvalue weighted by Crippen LogP contribution is 2.31. The summed E-state index contributed by atoms with van der Waals surface area (Å²) in [4.78, 5) is 23.4. The summed E-state index contributed by atoms with van der Waals surface area (Å²) in [6, 6.07) is 15.3. The summed E-state index contributed by atoms with van der Waals surface area (Å²) >= 11 is 1.46. The van der Waals surface area contributed by atoms with E-state index in [1.807, 2.05) is 37.3 Å². The van der Waals surface area contributed by atoms with Gasteiger partial charge in [-0.1, -0.05) is 29.5 Å². The number of pyridine rings is 1. The fraction of sp³-hybridized carbons (Fsp3) is 0.136. The van der Waals surface area contributed by atoms with Crippen LogP contribution in [0.5, 0.6) is 5.75 Å². The van der Waals surface area contributed by atoms with Gasteiger partial charge in [0.15, 0.2) is 11.7 Å². The van der Waals surface area contributed by atoms with E-state index in [1.54, 1.807) is 17.3 Å². The van der Waals surface area contributed by atoms with E-state index >= 15 is 0 Å².